The molecule has 1 amide bonds. The van der Waals surface area contributed by atoms with Crippen molar-refractivity contribution in [1.29, 1.82) is 0 Å². The third-order valence-corrected chi connectivity index (χ3v) is 6.08. The minimum atomic E-state index is -0.934. The molecule has 1 saturated carbocycles. The van der Waals surface area contributed by atoms with Crippen molar-refractivity contribution in [3.63, 3.8) is 0 Å². The highest BCUT2D eigenvalue weighted by atomic mass is 32.2. The Morgan fingerprint density at radius 3 is 2.86 bits per heavy atom. The van der Waals surface area contributed by atoms with E-state index in [1.165, 1.54) is 16.2 Å². The van der Waals surface area contributed by atoms with Gasteiger partial charge in [0.25, 0.3) is 5.91 Å². The Balaban J connectivity index is 1.82. The van der Waals surface area contributed by atoms with Gasteiger partial charge in [-0.05, 0) is 25.3 Å². The van der Waals surface area contributed by atoms with Crippen LogP contribution in [0.2, 0.25) is 0 Å². The summed E-state index contributed by atoms with van der Waals surface area (Å²) in [5.74, 6) is -0.298. The molecule has 2 heterocycles. The number of thioether (sulfide) groups is 1. The molecule has 6 nitrogen and oxygen atoms in total. The second-order valence-corrected chi connectivity index (χ2v) is 7.39. The second-order valence-electron chi connectivity index (χ2n) is 5.29. The van der Waals surface area contributed by atoms with Gasteiger partial charge >= 0.3 is 5.97 Å². The molecule has 2 aliphatic rings. The zero-order valence-corrected chi connectivity index (χ0v) is 13.0. The third-order valence-electron chi connectivity index (χ3n) is 3.71. The Hall–Kier alpha value is -1.12. The number of rotatable bonds is 5. The van der Waals surface area contributed by atoms with Crippen LogP contribution in [-0.4, -0.2) is 50.6 Å². The molecule has 1 aliphatic carbocycles. The van der Waals surface area contributed by atoms with Gasteiger partial charge in [-0.25, -0.2) is 9.78 Å². The molecule has 3 rings (SSSR count). The van der Waals surface area contributed by atoms with E-state index in [1.54, 1.807) is 17.1 Å². The van der Waals surface area contributed by atoms with Crippen LogP contribution in [-0.2, 0) is 11.2 Å². The average molecular weight is 327 g/mol. The van der Waals surface area contributed by atoms with Gasteiger partial charge in [-0.3, -0.25) is 4.79 Å². The zero-order valence-electron chi connectivity index (χ0n) is 11.4. The fourth-order valence-corrected chi connectivity index (χ4v) is 4.92. The van der Waals surface area contributed by atoms with Crippen LogP contribution < -0.4 is 5.73 Å². The fourth-order valence-electron chi connectivity index (χ4n) is 2.50. The molecule has 0 bridgehead atoms. The van der Waals surface area contributed by atoms with Gasteiger partial charge in [0.1, 0.15) is 11.7 Å². The number of carbonyl (C=O) groups is 2. The number of amides is 1. The van der Waals surface area contributed by atoms with Crippen LogP contribution in [0.5, 0.6) is 0 Å². The zero-order chi connectivity index (χ0) is 15.0. The van der Waals surface area contributed by atoms with Gasteiger partial charge in [0.2, 0.25) is 0 Å². The van der Waals surface area contributed by atoms with Gasteiger partial charge in [0, 0.05) is 17.6 Å². The molecular formula is C13H17N3O3S2. The number of aromatic nitrogens is 1. The van der Waals surface area contributed by atoms with Crippen LogP contribution in [0.25, 0.3) is 0 Å². The Morgan fingerprint density at radius 1 is 1.48 bits per heavy atom. The summed E-state index contributed by atoms with van der Waals surface area (Å²) >= 11 is 2.98. The number of carbonyl (C=O) groups excluding carboxylic acids is 1. The molecule has 0 spiro atoms. The first-order valence-electron chi connectivity index (χ1n) is 6.93. The molecule has 1 aromatic rings. The van der Waals surface area contributed by atoms with Gasteiger partial charge in [-0.15, -0.1) is 23.1 Å². The molecule has 2 unspecified atom stereocenters. The summed E-state index contributed by atoms with van der Waals surface area (Å²) in [6.45, 7) is 0.489. The average Bonchev–Trinajstić information content (AvgIpc) is 3.02. The number of hydrogen-bond donors (Lipinski definition) is 2. The van der Waals surface area contributed by atoms with Gasteiger partial charge in [0.05, 0.1) is 10.4 Å². The summed E-state index contributed by atoms with van der Waals surface area (Å²) in [6, 6.07) is -0.743. The number of carboxylic acid groups (broad SMARTS) is 1. The van der Waals surface area contributed by atoms with Crippen LogP contribution in [0.15, 0.2) is 5.38 Å². The highest BCUT2D eigenvalue weighted by molar-refractivity contribution is 8.00. The van der Waals surface area contributed by atoms with Crippen molar-refractivity contribution in [2.75, 3.05) is 12.3 Å². The van der Waals surface area contributed by atoms with Gasteiger partial charge < -0.3 is 15.7 Å². The molecule has 3 N–H and O–H groups in total. The highest BCUT2D eigenvalue weighted by Gasteiger charge is 2.48. The lowest BCUT2D eigenvalue weighted by atomic mass is 10.2. The smallest absolute Gasteiger partial charge is 0.327 e. The van der Waals surface area contributed by atoms with E-state index in [0.717, 1.165) is 17.8 Å². The van der Waals surface area contributed by atoms with Gasteiger partial charge in [0.15, 0.2) is 0 Å². The van der Waals surface area contributed by atoms with Crippen molar-refractivity contribution in [2.24, 2.45) is 11.7 Å². The van der Waals surface area contributed by atoms with E-state index in [9.17, 15) is 14.7 Å². The molecule has 2 fully saturated rings. The molecular weight excluding hydrogens is 310 g/mol. The normalized spacial score (nSPS) is 25.3. The Kier molecular flexibility index (Phi) is 4.19. The van der Waals surface area contributed by atoms with E-state index in [4.69, 9.17) is 5.73 Å². The van der Waals surface area contributed by atoms with Crippen molar-refractivity contribution in [3.8, 4) is 0 Å². The number of aliphatic carboxylic acids is 1. The van der Waals surface area contributed by atoms with Crippen LogP contribution >= 0.6 is 23.1 Å². The van der Waals surface area contributed by atoms with Crippen molar-refractivity contribution in [2.45, 2.75) is 30.7 Å². The van der Waals surface area contributed by atoms with Gasteiger partial charge in [-0.1, -0.05) is 0 Å². The van der Waals surface area contributed by atoms with Crippen LogP contribution in [0, 0.1) is 5.92 Å². The lowest BCUT2D eigenvalue weighted by Gasteiger charge is -2.26. The first-order chi connectivity index (χ1) is 10.1. The summed E-state index contributed by atoms with van der Waals surface area (Å²) < 4.78 is 0. The Morgan fingerprint density at radius 2 is 2.24 bits per heavy atom. The fraction of sp³-hybridized carbons (Fsp3) is 0.615. The van der Waals surface area contributed by atoms with E-state index >= 15 is 0 Å². The van der Waals surface area contributed by atoms with E-state index < -0.39 is 12.0 Å². The van der Waals surface area contributed by atoms with Crippen LogP contribution in [0.1, 0.15) is 28.3 Å². The predicted molar refractivity (Wildman–Crippen MR) is 81.4 cm³/mol. The molecule has 2 atom stereocenters. The number of nitrogens with zero attached hydrogens (tertiary/aromatic N) is 2. The Bertz CT molecular complexity index is 559. The first-order valence-corrected chi connectivity index (χ1v) is 8.86. The monoisotopic (exact) mass is 327 g/mol. The number of carboxylic acids is 1. The lowest BCUT2D eigenvalue weighted by molar-refractivity contribution is -0.141. The quantitative estimate of drug-likeness (QED) is 0.838. The standard InChI is InChI=1S/C13H17N3O3S2/c14-4-3-10-15-8(5-20-10)11(17)16-9(13(18)19)6-21-12(16)7-1-2-7/h5,7,9,12H,1-4,6,14H2,(H,18,19). The molecule has 0 radical (unpaired) electrons. The minimum Gasteiger partial charge on any atom is -0.480 e. The van der Waals surface area contributed by atoms with E-state index in [-0.39, 0.29) is 11.3 Å². The number of hydrogen-bond acceptors (Lipinski definition) is 6. The highest BCUT2D eigenvalue weighted by Crippen LogP contribution is 2.45. The van der Waals surface area contributed by atoms with Crippen molar-refractivity contribution < 1.29 is 14.7 Å². The topological polar surface area (TPSA) is 96.5 Å². The summed E-state index contributed by atoms with van der Waals surface area (Å²) in [5, 5.41) is 11.9. The maximum atomic E-state index is 12.7. The SMILES string of the molecule is NCCc1nc(C(=O)N2C(C(=O)O)CSC2C2CC2)cs1. The second kappa shape index (κ2) is 5.94. The summed E-state index contributed by atoms with van der Waals surface area (Å²) in [5.41, 5.74) is 5.84. The van der Waals surface area contributed by atoms with Crippen molar-refractivity contribution in [3.05, 3.63) is 16.1 Å². The first kappa shape index (κ1) is 14.8. The van der Waals surface area contributed by atoms with Crippen molar-refractivity contribution >= 4 is 35.0 Å². The molecule has 0 aromatic carbocycles. The molecule has 114 valence electrons. The Labute approximate surface area is 130 Å². The third kappa shape index (κ3) is 2.93. The molecule has 1 saturated heterocycles. The number of nitrogens with two attached hydrogens (primary N) is 1. The molecule has 1 aliphatic heterocycles. The predicted octanol–water partition coefficient (Wildman–Crippen LogP) is 1.02. The summed E-state index contributed by atoms with van der Waals surface area (Å²) in [4.78, 5) is 29.9. The minimum absolute atomic E-state index is 0.0155. The summed E-state index contributed by atoms with van der Waals surface area (Å²) in [6.07, 6.45) is 2.79. The van der Waals surface area contributed by atoms with Crippen LogP contribution in [0.3, 0.4) is 0 Å². The van der Waals surface area contributed by atoms with Crippen LogP contribution in [0.4, 0.5) is 0 Å². The van der Waals surface area contributed by atoms with E-state index in [2.05, 4.69) is 4.98 Å². The maximum absolute atomic E-state index is 12.7. The largest absolute Gasteiger partial charge is 0.480 e. The number of thiazole rings is 1. The maximum Gasteiger partial charge on any atom is 0.327 e. The van der Waals surface area contributed by atoms with Crippen molar-refractivity contribution in [1.82, 2.24) is 9.88 Å². The molecule has 8 heteroatoms. The van der Waals surface area contributed by atoms with E-state index in [1.807, 2.05) is 0 Å². The summed E-state index contributed by atoms with van der Waals surface area (Å²) in [7, 11) is 0. The lowest BCUT2D eigenvalue weighted by Crippen LogP contribution is -2.46. The molecule has 1 aromatic heterocycles. The van der Waals surface area contributed by atoms with Gasteiger partial charge in [-0.2, -0.15) is 0 Å². The molecule has 21 heavy (non-hydrogen) atoms. The van der Waals surface area contributed by atoms with E-state index in [0.29, 0.717) is 30.3 Å².